The first kappa shape index (κ1) is 17.1. The van der Waals surface area contributed by atoms with E-state index in [1.165, 1.54) is 13.8 Å². The van der Waals surface area contributed by atoms with Crippen LogP contribution in [0.15, 0.2) is 18.2 Å². The van der Waals surface area contributed by atoms with E-state index in [4.69, 9.17) is 0 Å². The average Bonchev–Trinajstić information content (AvgIpc) is 2.34. The molecule has 0 radical (unpaired) electrons. The predicted octanol–water partition coefficient (Wildman–Crippen LogP) is 2.83. The Morgan fingerprint density at radius 3 is 2.05 bits per heavy atom. The van der Waals surface area contributed by atoms with E-state index in [-0.39, 0.29) is 5.92 Å². The number of rotatable bonds is 5. The van der Waals surface area contributed by atoms with Crippen molar-refractivity contribution in [3.63, 3.8) is 0 Å². The molecule has 0 aliphatic heterocycles. The number of amides is 1. The molecule has 4 nitrogen and oxygen atoms in total. The second kappa shape index (κ2) is 6.20. The molecule has 0 aromatic heterocycles. The van der Waals surface area contributed by atoms with Gasteiger partial charge in [0.2, 0.25) is 0 Å². The number of benzene rings is 1. The van der Waals surface area contributed by atoms with Crippen molar-refractivity contribution in [2.45, 2.75) is 33.7 Å². The van der Waals surface area contributed by atoms with E-state index >= 15 is 0 Å². The quantitative estimate of drug-likeness (QED) is 0.878. The molecule has 0 aliphatic carbocycles. The van der Waals surface area contributed by atoms with Crippen molar-refractivity contribution in [2.24, 2.45) is 11.3 Å². The number of nitrogens with one attached hydrogen (secondary N) is 1. The fourth-order valence-corrected chi connectivity index (χ4v) is 2.24. The van der Waals surface area contributed by atoms with E-state index in [2.05, 4.69) is 5.32 Å². The Labute approximate surface area is 122 Å². The topological polar surface area (TPSA) is 66.4 Å². The van der Waals surface area contributed by atoms with Gasteiger partial charge in [-0.1, -0.05) is 19.9 Å². The predicted molar refractivity (Wildman–Crippen MR) is 73.9 cm³/mol. The van der Waals surface area contributed by atoms with Gasteiger partial charge in [-0.25, -0.2) is 8.78 Å². The van der Waals surface area contributed by atoms with Crippen molar-refractivity contribution < 1.29 is 23.5 Å². The molecule has 1 aromatic rings. The van der Waals surface area contributed by atoms with Crippen LogP contribution in [0.5, 0.6) is 0 Å². The van der Waals surface area contributed by atoms with Gasteiger partial charge < -0.3 is 10.4 Å². The summed E-state index contributed by atoms with van der Waals surface area (Å²) in [4.78, 5) is 23.4. The molecule has 0 fully saturated rings. The van der Waals surface area contributed by atoms with Crippen molar-refractivity contribution in [3.05, 3.63) is 35.4 Å². The summed E-state index contributed by atoms with van der Waals surface area (Å²) in [6.45, 7) is 6.37. The molecule has 0 aliphatic rings. The molecule has 116 valence electrons. The maximum Gasteiger partial charge on any atom is 0.311 e. The Morgan fingerprint density at radius 1 is 1.19 bits per heavy atom. The van der Waals surface area contributed by atoms with E-state index in [1.54, 1.807) is 13.8 Å². The van der Waals surface area contributed by atoms with Gasteiger partial charge in [0.25, 0.3) is 5.91 Å². The van der Waals surface area contributed by atoms with Crippen LogP contribution in [0.4, 0.5) is 8.78 Å². The number of carboxylic acids is 1. The molecule has 0 heterocycles. The minimum atomic E-state index is -1.27. The number of carbonyl (C=O) groups excluding carboxylic acids is 1. The minimum absolute atomic E-state index is 0.227. The fraction of sp³-hybridized carbons (Fsp3) is 0.467. The standard InChI is InChI=1S/C15H19F2NO3/c1-8(2)12(15(3,4)14(20)21)18-13(19)11-9(16)6-5-7-10(11)17/h5-8,12H,1-4H3,(H,18,19)(H,20,21). The first-order valence-corrected chi connectivity index (χ1v) is 6.57. The summed E-state index contributed by atoms with van der Waals surface area (Å²) in [5.41, 5.74) is -1.98. The van der Waals surface area contributed by atoms with Gasteiger partial charge >= 0.3 is 5.97 Å². The van der Waals surface area contributed by atoms with Crippen LogP contribution in [0.25, 0.3) is 0 Å². The van der Waals surface area contributed by atoms with Crippen LogP contribution < -0.4 is 5.32 Å². The zero-order valence-corrected chi connectivity index (χ0v) is 12.4. The number of halogens is 2. The van der Waals surface area contributed by atoms with Gasteiger partial charge in [-0.2, -0.15) is 0 Å². The Balaban J connectivity index is 3.11. The minimum Gasteiger partial charge on any atom is -0.481 e. The summed E-state index contributed by atoms with van der Waals surface area (Å²) in [5.74, 6) is -4.25. The third-order valence-electron chi connectivity index (χ3n) is 3.47. The van der Waals surface area contributed by atoms with Gasteiger partial charge in [0.1, 0.15) is 17.2 Å². The molecule has 1 amide bonds. The smallest absolute Gasteiger partial charge is 0.311 e. The van der Waals surface area contributed by atoms with Crippen molar-refractivity contribution >= 4 is 11.9 Å². The van der Waals surface area contributed by atoms with Crippen LogP contribution in [0, 0.1) is 23.0 Å². The summed E-state index contributed by atoms with van der Waals surface area (Å²) in [6, 6.07) is 2.33. The lowest BCUT2D eigenvalue weighted by atomic mass is 9.78. The second-order valence-electron chi connectivity index (χ2n) is 5.82. The highest BCUT2D eigenvalue weighted by Crippen LogP contribution is 2.27. The lowest BCUT2D eigenvalue weighted by Crippen LogP contribution is -2.52. The monoisotopic (exact) mass is 299 g/mol. The maximum absolute atomic E-state index is 13.6. The van der Waals surface area contributed by atoms with E-state index in [0.29, 0.717) is 0 Å². The molecule has 0 saturated carbocycles. The Bertz CT molecular complexity index is 536. The van der Waals surface area contributed by atoms with Crippen LogP contribution in [-0.4, -0.2) is 23.0 Å². The van der Waals surface area contributed by atoms with Gasteiger partial charge in [-0.3, -0.25) is 9.59 Å². The van der Waals surface area contributed by atoms with Crippen molar-refractivity contribution in [2.75, 3.05) is 0 Å². The highest BCUT2D eigenvalue weighted by Gasteiger charge is 2.40. The molecular weight excluding hydrogens is 280 g/mol. The number of aliphatic carboxylic acids is 1. The van der Waals surface area contributed by atoms with E-state index in [9.17, 15) is 23.5 Å². The van der Waals surface area contributed by atoms with Crippen molar-refractivity contribution in [1.29, 1.82) is 0 Å². The van der Waals surface area contributed by atoms with Gasteiger partial charge in [0, 0.05) is 6.04 Å². The molecule has 1 aromatic carbocycles. The van der Waals surface area contributed by atoms with Crippen LogP contribution in [0.3, 0.4) is 0 Å². The molecule has 0 saturated heterocycles. The second-order valence-corrected chi connectivity index (χ2v) is 5.82. The average molecular weight is 299 g/mol. The summed E-state index contributed by atoms with van der Waals surface area (Å²) in [5, 5.41) is 11.7. The van der Waals surface area contributed by atoms with E-state index in [0.717, 1.165) is 18.2 Å². The van der Waals surface area contributed by atoms with Gasteiger partial charge in [-0.05, 0) is 31.9 Å². The number of carbonyl (C=O) groups is 2. The van der Waals surface area contributed by atoms with Gasteiger partial charge in [0.15, 0.2) is 0 Å². The highest BCUT2D eigenvalue weighted by atomic mass is 19.1. The maximum atomic E-state index is 13.6. The highest BCUT2D eigenvalue weighted by molar-refractivity contribution is 5.95. The number of hydrogen-bond acceptors (Lipinski definition) is 2. The summed E-state index contributed by atoms with van der Waals surface area (Å²) in [6.07, 6.45) is 0. The lowest BCUT2D eigenvalue weighted by molar-refractivity contribution is -0.149. The SMILES string of the molecule is CC(C)C(NC(=O)c1c(F)cccc1F)C(C)(C)C(=O)O. The molecule has 0 bridgehead atoms. The van der Waals surface area contributed by atoms with Crippen LogP contribution >= 0.6 is 0 Å². The van der Waals surface area contributed by atoms with Crippen molar-refractivity contribution in [1.82, 2.24) is 5.32 Å². The Hall–Kier alpha value is -1.98. The summed E-state index contributed by atoms with van der Waals surface area (Å²) >= 11 is 0. The summed E-state index contributed by atoms with van der Waals surface area (Å²) < 4.78 is 27.2. The fourth-order valence-electron chi connectivity index (χ4n) is 2.24. The lowest BCUT2D eigenvalue weighted by Gasteiger charge is -2.34. The Kier molecular flexibility index (Phi) is 5.04. The molecule has 21 heavy (non-hydrogen) atoms. The van der Waals surface area contributed by atoms with Gasteiger partial charge in [-0.15, -0.1) is 0 Å². The number of hydrogen-bond donors (Lipinski definition) is 2. The van der Waals surface area contributed by atoms with Crippen LogP contribution in [-0.2, 0) is 4.79 Å². The molecular formula is C15H19F2NO3. The first-order valence-electron chi connectivity index (χ1n) is 6.57. The van der Waals surface area contributed by atoms with Crippen LogP contribution in [0.1, 0.15) is 38.1 Å². The molecule has 1 atom stereocenters. The Morgan fingerprint density at radius 2 is 1.67 bits per heavy atom. The molecule has 2 N–H and O–H groups in total. The zero-order chi connectivity index (χ0) is 16.4. The largest absolute Gasteiger partial charge is 0.481 e. The number of carboxylic acid groups (broad SMARTS) is 1. The van der Waals surface area contributed by atoms with E-state index < -0.39 is 40.5 Å². The normalized spacial score (nSPS) is 13.1. The third-order valence-corrected chi connectivity index (χ3v) is 3.47. The van der Waals surface area contributed by atoms with Gasteiger partial charge in [0.05, 0.1) is 5.41 Å². The third kappa shape index (κ3) is 3.56. The van der Waals surface area contributed by atoms with Crippen LogP contribution in [0.2, 0.25) is 0 Å². The molecule has 1 unspecified atom stereocenters. The van der Waals surface area contributed by atoms with E-state index in [1.807, 2.05) is 0 Å². The molecule has 6 heteroatoms. The van der Waals surface area contributed by atoms with Crippen molar-refractivity contribution in [3.8, 4) is 0 Å². The zero-order valence-electron chi connectivity index (χ0n) is 12.4. The first-order chi connectivity index (χ1) is 9.59. The summed E-state index contributed by atoms with van der Waals surface area (Å²) in [7, 11) is 0. The molecule has 1 rings (SSSR count). The molecule has 0 spiro atoms.